The molecule has 0 spiro atoms. The first-order valence-corrected chi connectivity index (χ1v) is 9.71. The monoisotopic (exact) mass is 316 g/mol. The smallest absolute Gasteiger partial charge is 0.244 e. The fourth-order valence-electron chi connectivity index (χ4n) is 2.65. The van der Waals surface area contributed by atoms with Gasteiger partial charge in [0.05, 0.1) is 4.90 Å². The zero-order valence-corrected chi connectivity index (χ0v) is 13.9. The normalized spacial score (nSPS) is 20.6. The van der Waals surface area contributed by atoms with Gasteiger partial charge in [-0.3, -0.25) is 0 Å². The highest BCUT2D eigenvalue weighted by Gasteiger charge is 2.34. The van der Waals surface area contributed by atoms with Gasteiger partial charge < -0.3 is 5.32 Å². The number of sulfonamides is 1. The Balaban J connectivity index is 2.09. The Morgan fingerprint density at radius 3 is 2.95 bits per heavy atom. The van der Waals surface area contributed by atoms with Crippen molar-refractivity contribution >= 4 is 21.4 Å². The molecule has 1 aliphatic rings. The Labute approximate surface area is 126 Å². The van der Waals surface area contributed by atoms with Crippen molar-refractivity contribution in [3.05, 3.63) is 16.3 Å². The molecule has 1 saturated heterocycles. The molecule has 1 unspecified atom stereocenters. The molecule has 0 saturated carbocycles. The Hall–Kier alpha value is -0.430. The van der Waals surface area contributed by atoms with Gasteiger partial charge in [-0.25, -0.2) is 8.42 Å². The Bertz CT molecular complexity index is 525. The summed E-state index contributed by atoms with van der Waals surface area (Å²) in [6.07, 6.45) is 3.95. The maximum atomic E-state index is 12.7. The predicted octanol–water partition coefficient (Wildman–Crippen LogP) is 2.81. The van der Waals surface area contributed by atoms with Crippen molar-refractivity contribution in [2.24, 2.45) is 0 Å². The van der Waals surface area contributed by atoms with Crippen LogP contribution in [0.3, 0.4) is 0 Å². The second-order valence-corrected chi connectivity index (χ2v) is 8.13. The highest BCUT2D eigenvalue weighted by molar-refractivity contribution is 7.89. The van der Waals surface area contributed by atoms with Crippen LogP contribution in [0.2, 0.25) is 0 Å². The molecule has 4 nitrogen and oxygen atoms in total. The molecule has 1 aromatic rings. The van der Waals surface area contributed by atoms with E-state index in [1.807, 2.05) is 6.07 Å². The SMILES string of the molecule is CCCNCc1cc(S(=O)(=O)N2CCCC2CC)cs1. The summed E-state index contributed by atoms with van der Waals surface area (Å²) in [7, 11) is -3.29. The number of hydrogen-bond donors (Lipinski definition) is 1. The molecular formula is C14H24N2O2S2. The van der Waals surface area contributed by atoms with Crippen molar-refractivity contribution < 1.29 is 8.42 Å². The van der Waals surface area contributed by atoms with Gasteiger partial charge in [0, 0.05) is 29.4 Å². The fourth-order valence-corrected chi connectivity index (χ4v) is 5.65. The Kier molecular flexibility index (Phi) is 5.60. The molecule has 0 aliphatic carbocycles. The first kappa shape index (κ1) is 15.9. The van der Waals surface area contributed by atoms with Crippen LogP contribution in [0.4, 0.5) is 0 Å². The summed E-state index contributed by atoms with van der Waals surface area (Å²) in [6.45, 7) is 6.57. The van der Waals surface area contributed by atoms with Gasteiger partial charge in [-0.15, -0.1) is 11.3 Å². The van der Waals surface area contributed by atoms with Crippen LogP contribution >= 0.6 is 11.3 Å². The third-order valence-electron chi connectivity index (χ3n) is 3.76. The van der Waals surface area contributed by atoms with E-state index in [1.165, 1.54) is 11.3 Å². The summed E-state index contributed by atoms with van der Waals surface area (Å²) in [4.78, 5) is 1.56. The van der Waals surface area contributed by atoms with Crippen molar-refractivity contribution in [1.29, 1.82) is 0 Å². The lowest BCUT2D eigenvalue weighted by atomic mass is 10.2. The highest BCUT2D eigenvalue weighted by atomic mass is 32.2. The lowest BCUT2D eigenvalue weighted by molar-refractivity contribution is 0.380. The molecule has 6 heteroatoms. The fraction of sp³-hybridized carbons (Fsp3) is 0.714. The van der Waals surface area contributed by atoms with E-state index >= 15 is 0 Å². The van der Waals surface area contributed by atoms with Gasteiger partial charge >= 0.3 is 0 Å². The van der Waals surface area contributed by atoms with Gasteiger partial charge in [-0.2, -0.15) is 4.31 Å². The van der Waals surface area contributed by atoms with Crippen LogP contribution in [0.1, 0.15) is 44.4 Å². The zero-order chi connectivity index (χ0) is 14.6. The number of thiophene rings is 1. The van der Waals surface area contributed by atoms with E-state index in [0.29, 0.717) is 11.4 Å². The number of hydrogen-bond acceptors (Lipinski definition) is 4. The molecule has 114 valence electrons. The topological polar surface area (TPSA) is 49.4 Å². The van der Waals surface area contributed by atoms with Crippen molar-refractivity contribution in [2.75, 3.05) is 13.1 Å². The minimum Gasteiger partial charge on any atom is -0.312 e. The van der Waals surface area contributed by atoms with Crippen LogP contribution in [0, 0.1) is 0 Å². The standard InChI is InChI=1S/C14H24N2O2S2/c1-3-7-15-10-13-9-14(11-19-13)20(17,18)16-8-5-6-12(16)4-2/h9,11-12,15H,3-8,10H2,1-2H3. The third-order valence-corrected chi connectivity index (χ3v) is 6.77. The van der Waals surface area contributed by atoms with E-state index in [1.54, 1.807) is 9.69 Å². The minimum absolute atomic E-state index is 0.182. The second kappa shape index (κ2) is 7.02. The molecule has 0 bridgehead atoms. The van der Waals surface area contributed by atoms with E-state index in [9.17, 15) is 8.42 Å². The largest absolute Gasteiger partial charge is 0.312 e. The molecule has 20 heavy (non-hydrogen) atoms. The molecule has 0 amide bonds. The van der Waals surface area contributed by atoms with Gasteiger partial charge in [0.15, 0.2) is 0 Å². The van der Waals surface area contributed by atoms with E-state index < -0.39 is 10.0 Å². The Morgan fingerprint density at radius 2 is 2.25 bits per heavy atom. The van der Waals surface area contributed by atoms with Gasteiger partial charge in [0.2, 0.25) is 10.0 Å². The maximum Gasteiger partial charge on any atom is 0.244 e. The third kappa shape index (κ3) is 3.42. The molecule has 1 fully saturated rings. The number of nitrogens with zero attached hydrogens (tertiary/aromatic N) is 1. The lowest BCUT2D eigenvalue weighted by Crippen LogP contribution is -2.34. The summed E-state index contributed by atoms with van der Waals surface area (Å²) in [5, 5.41) is 5.09. The van der Waals surface area contributed by atoms with Crippen molar-refractivity contribution in [1.82, 2.24) is 9.62 Å². The summed E-state index contributed by atoms with van der Waals surface area (Å²) in [5.74, 6) is 0. The van der Waals surface area contributed by atoms with Gasteiger partial charge in [0.25, 0.3) is 0 Å². The quantitative estimate of drug-likeness (QED) is 0.787. The average molecular weight is 316 g/mol. The summed E-state index contributed by atoms with van der Waals surface area (Å²) < 4.78 is 27.0. The van der Waals surface area contributed by atoms with Crippen LogP contribution < -0.4 is 5.32 Å². The van der Waals surface area contributed by atoms with Crippen LogP contribution in [-0.2, 0) is 16.6 Å². The molecule has 2 heterocycles. The lowest BCUT2D eigenvalue weighted by Gasteiger charge is -2.22. The van der Waals surface area contributed by atoms with Crippen molar-refractivity contribution in [3.8, 4) is 0 Å². The summed E-state index contributed by atoms with van der Waals surface area (Å²) in [5.41, 5.74) is 0. The summed E-state index contributed by atoms with van der Waals surface area (Å²) in [6, 6.07) is 2.01. The highest BCUT2D eigenvalue weighted by Crippen LogP contribution is 2.29. The van der Waals surface area contributed by atoms with Gasteiger partial charge in [-0.05, 0) is 38.3 Å². The van der Waals surface area contributed by atoms with E-state index in [-0.39, 0.29) is 6.04 Å². The van der Waals surface area contributed by atoms with Crippen LogP contribution in [0.15, 0.2) is 16.3 Å². The zero-order valence-electron chi connectivity index (χ0n) is 12.3. The molecule has 0 radical (unpaired) electrons. The van der Waals surface area contributed by atoms with Gasteiger partial charge in [0.1, 0.15) is 0 Å². The average Bonchev–Trinajstić information content (AvgIpc) is 3.08. The van der Waals surface area contributed by atoms with Gasteiger partial charge in [-0.1, -0.05) is 13.8 Å². The van der Waals surface area contributed by atoms with E-state index in [4.69, 9.17) is 0 Å². The first-order valence-electron chi connectivity index (χ1n) is 7.39. The Morgan fingerprint density at radius 1 is 1.45 bits per heavy atom. The van der Waals surface area contributed by atoms with Crippen LogP contribution in [0.5, 0.6) is 0 Å². The molecule has 1 aliphatic heterocycles. The molecule has 1 N–H and O–H groups in total. The molecule has 0 aromatic carbocycles. The molecule has 2 rings (SSSR count). The van der Waals surface area contributed by atoms with E-state index in [0.717, 1.165) is 43.6 Å². The molecule has 1 atom stereocenters. The van der Waals surface area contributed by atoms with Crippen LogP contribution in [0.25, 0.3) is 0 Å². The van der Waals surface area contributed by atoms with Crippen molar-refractivity contribution in [3.63, 3.8) is 0 Å². The number of rotatable bonds is 7. The molecule has 1 aromatic heterocycles. The second-order valence-electron chi connectivity index (χ2n) is 5.25. The van der Waals surface area contributed by atoms with Crippen LogP contribution in [-0.4, -0.2) is 31.9 Å². The number of nitrogens with one attached hydrogen (secondary N) is 1. The maximum absolute atomic E-state index is 12.7. The first-order chi connectivity index (χ1) is 9.59. The summed E-state index contributed by atoms with van der Waals surface area (Å²) >= 11 is 1.53. The van der Waals surface area contributed by atoms with Crippen molar-refractivity contribution in [2.45, 2.75) is 57.0 Å². The minimum atomic E-state index is -3.29. The van der Waals surface area contributed by atoms with E-state index in [2.05, 4.69) is 19.2 Å². The molecular weight excluding hydrogens is 292 g/mol. The predicted molar refractivity (Wildman–Crippen MR) is 83.5 cm³/mol.